The van der Waals surface area contributed by atoms with Crippen LogP contribution in [-0.4, -0.2) is 47.0 Å². The van der Waals surface area contributed by atoms with E-state index in [4.69, 9.17) is 5.73 Å². The van der Waals surface area contributed by atoms with E-state index in [2.05, 4.69) is 5.32 Å². The van der Waals surface area contributed by atoms with Gasteiger partial charge in [-0.2, -0.15) is 0 Å². The number of nitrogens with one attached hydrogen (secondary N) is 1. The quantitative estimate of drug-likeness (QED) is 0.851. The van der Waals surface area contributed by atoms with Crippen molar-refractivity contribution in [3.05, 3.63) is 48.0 Å². The third-order valence-electron chi connectivity index (χ3n) is 5.70. The number of nitrogens with two attached hydrogens (primary N) is 1. The Labute approximate surface area is 163 Å². The second kappa shape index (κ2) is 7.90. The number of hydrogen-bond acceptors (Lipinski definition) is 4. The molecule has 2 amide bonds. The van der Waals surface area contributed by atoms with Gasteiger partial charge >= 0.3 is 0 Å². The lowest BCUT2D eigenvalue weighted by molar-refractivity contribution is -0.132. The summed E-state index contributed by atoms with van der Waals surface area (Å²) in [5.41, 5.74) is 6.97. The molecule has 1 saturated heterocycles. The summed E-state index contributed by atoms with van der Waals surface area (Å²) >= 11 is 1.77. The Hall–Kier alpha value is -2.05. The van der Waals surface area contributed by atoms with Crippen molar-refractivity contribution < 1.29 is 9.59 Å². The molecule has 1 heterocycles. The molecule has 2 fully saturated rings. The average molecular weight is 384 g/mol. The van der Waals surface area contributed by atoms with Crippen LogP contribution >= 0.6 is 11.8 Å². The van der Waals surface area contributed by atoms with Crippen molar-refractivity contribution >= 4 is 34.3 Å². The summed E-state index contributed by atoms with van der Waals surface area (Å²) in [6.07, 6.45) is 2.52. The summed E-state index contributed by atoms with van der Waals surface area (Å²) in [7, 11) is 0. The van der Waals surface area contributed by atoms with Gasteiger partial charge in [-0.1, -0.05) is 36.4 Å². The van der Waals surface area contributed by atoms with E-state index in [1.54, 1.807) is 11.8 Å². The molecule has 0 bridgehead atoms. The monoisotopic (exact) mass is 383 g/mol. The van der Waals surface area contributed by atoms with Gasteiger partial charge in [0.05, 0.1) is 11.9 Å². The molecule has 1 saturated carbocycles. The molecule has 2 aromatic rings. The molecule has 142 valence electrons. The van der Waals surface area contributed by atoms with Crippen molar-refractivity contribution in [1.82, 2.24) is 10.2 Å². The first-order valence-corrected chi connectivity index (χ1v) is 10.7. The van der Waals surface area contributed by atoms with Crippen molar-refractivity contribution in [2.75, 3.05) is 18.2 Å². The smallest absolute Gasteiger partial charge is 0.252 e. The first-order valence-electron chi connectivity index (χ1n) is 9.54. The lowest BCUT2D eigenvalue weighted by Gasteiger charge is -2.24. The minimum atomic E-state index is -0.455. The first kappa shape index (κ1) is 18.3. The van der Waals surface area contributed by atoms with Gasteiger partial charge in [-0.25, -0.2) is 0 Å². The van der Waals surface area contributed by atoms with E-state index in [1.165, 1.54) is 0 Å². The molecule has 5 nitrogen and oxygen atoms in total. The topological polar surface area (TPSA) is 75.4 Å². The predicted molar refractivity (Wildman–Crippen MR) is 110 cm³/mol. The summed E-state index contributed by atoms with van der Waals surface area (Å²) in [4.78, 5) is 27.2. The lowest BCUT2D eigenvalue weighted by Crippen LogP contribution is -2.46. The van der Waals surface area contributed by atoms with E-state index in [0.717, 1.165) is 48.2 Å². The van der Waals surface area contributed by atoms with E-state index in [0.29, 0.717) is 5.56 Å². The minimum absolute atomic E-state index is 0.0479. The predicted octanol–water partition coefficient (Wildman–Crippen LogP) is 2.60. The number of nitrogens with zero attached hydrogens (tertiary/aromatic N) is 1. The molecule has 27 heavy (non-hydrogen) atoms. The van der Waals surface area contributed by atoms with Crippen LogP contribution < -0.4 is 11.1 Å². The Kier molecular flexibility index (Phi) is 5.36. The minimum Gasteiger partial charge on any atom is -0.349 e. The molecule has 0 radical (unpaired) electrons. The molecule has 1 aliphatic carbocycles. The van der Waals surface area contributed by atoms with Crippen LogP contribution in [0.3, 0.4) is 0 Å². The number of benzene rings is 2. The van der Waals surface area contributed by atoms with Crippen LogP contribution in [0.15, 0.2) is 42.5 Å². The zero-order valence-corrected chi connectivity index (χ0v) is 16.1. The van der Waals surface area contributed by atoms with Gasteiger partial charge in [0.15, 0.2) is 0 Å². The summed E-state index contributed by atoms with van der Waals surface area (Å²) in [6, 6.07) is 13.3. The Morgan fingerprint density at radius 3 is 2.78 bits per heavy atom. The van der Waals surface area contributed by atoms with Crippen molar-refractivity contribution in [3.8, 4) is 0 Å². The molecule has 2 aromatic carbocycles. The number of rotatable bonds is 4. The van der Waals surface area contributed by atoms with Gasteiger partial charge in [0, 0.05) is 23.9 Å². The van der Waals surface area contributed by atoms with Crippen LogP contribution in [0.1, 0.15) is 29.6 Å². The third-order valence-corrected chi connectivity index (χ3v) is 6.67. The molecule has 6 heteroatoms. The molecule has 4 rings (SSSR count). The maximum absolute atomic E-state index is 12.8. The fraction of sp³-hybridized carbons (Fsp3) is 0.429. The Bertz CT molecular complexity index is 845. The van der Waals surface area contributed by atoms with Crippen LogP contribution in [0, 0.1) is 5.92 Å². The van der Waals surface area contributed by atoms with Crippen LogP contribution in [0.25, 0.3) is 10.8 Å². The van der Waals surface area contributed by atoms with Crippen molar-refractivity contribution in [2.24, 2.45) is 11.7 Å². The van der Waals surface area contributed by atoms with Gasteiger partial charge in [-0.15, -0.1) is 11.8 Å². The average Bonchev–Trinajstić information content (AvgIpc) is 3.38. The highest BCUT2D eigenvalue weighted by Crippen LogP contribution is 2.30. The molecular weight excluding hydrogens is 358 g/mol. The second-order valence-corrected chi connectivity index (χ2v) is 8.51. The van der Waals surface area contributed by atoms with E-state index >= 15 is 0 Å². The molecule has 1 aliphatic heterocycles. The van der Waals surface area contributed by atoms with Crippen LogP contribution in [-0.2, 0) is 4.79 Å². The normalized spacial score (nSPS) is 23.5. The van der Waals surface area contributed by atoms with E-state index in [9.17, 15) is 9.59 Å². The summed E-state index contributed by atoms with van der Waals surface area (Å²) < 4.78 is 0. The van der Waals surface area contributed by atoms with E-state index in [-0.39, 0.29) is 23.8 Å². The van der Waals surface area contributed by atoms with Crippen LogP contribution in [0.2, 0.25) is 0 Å². The van der Waals surface area contributed by atoms with Gasteiger partial charge in [0.1, 0.15) is 0 Å². The largest absolute Gasteiger partial charge is 0.349 e. The third kappa shape index (κ3) is 3.82. The maximum atomic E-state index is 12.8. The molecule has 0 aromatic heterocycles. The van der Waals surface area contributed by atoms with Gasteiger partial charge in [0.25, 0.3) is 5.91 Å². The molecule has 2 aliphatic rings. The Morgan fingerprint density at radius 2 is 1.96 bits per heavy atom. The number of fused-ring (bicyclic) bond motifs is 1. The van der Waals surface area contributed by atoms with Crippen molar-refractivity contribution in [2.45, 2.75) is 31.3 Å². The van der Waals surface area contributed by atoms with Crippen molar-refractivity contribution in [3.63, 3.8) is 0 Å². The first-order chi connectivity index (χ1) is 13.1. The molecule has 3 N–H and O–H groups in total. The molecule has 0 spiro atoms. The van der Waals surface area contributed by atoms with E-state index in [1.807, 2.05) is 47.4 Å². The van der Waals surface area contributed by atoms with Crippen LogP contribution in [0.5, 0.6) is 0 Å². The summed E-state index contributed by atoms with van der Waals surface area (Å²) in [6.45, 7) is 0.797. The number of carbonyl (C=O) groups is 2. The van der Waals surface area contributed by atoms with Gasteiger partial charge in [-0.05, 0) is 42.0 Å². The van der Waals surface area contributed by atoms with Gasteiger partial charge in [0.2, 0.25) is 5.91 Å². The Morgan fingerprint density at radius 1 is 1.15 bits per heavy atom. The molecule has 0 unspecified atom stereocenters. The SMILES string of the molecule is N[C@H](C(=O)N1CCSC1)[C@H]1CC[C@H](NC(=O)c2cccc3ccccc23)C1. The number of hydrogen-bond donors (Lipinski definition) is 2. The number of amides is 2. The zero-order valence-electron chi connectivity index (χ0n) is 15.3. The molecular formula is C21H25N3O2S. The highest BCUT2D eigenvalue weighted by atomic mass is 32.2. The molecule has 3 atom stereocenters. The van der Waals surface area contributed by atoms with E-state index < -0.39 is 6.04 Å². The van der Waals surface area contributed by atoms with Gasteiger partial charge < -0.3 is 16.0 Å². The number of carbonyl (C=O) groups excluding carboxylic acids is 2. The standard InChI is InChI=1S/C21H25N3O2S/c22-19(21(26)24-10-11-27-13-24)15-8-9-16(12-15)23-20(25)18-7-3-5-14-4-1-2-6-17(14)18/h1-7,15-16,19H,8-13,22H2,(H,23,25)/t15-,16-,19-/m0/s1. The fourth-order valence-electron chi connectivity index (χ4n) is 4.16. The fourth-order valence-corrected chi connectivity index (χ4v) is 5.12. The van der Waals surface area contributed by atoms with Crippen LogP contribution in [0.4, 0.5) is 0 Å². The summed E-state index contributed by atoms with van der Waals surface area (Å²) in [5, 5.41) is 5.18. The summed E-state index contributed by atoms with van der Waals surface area (Å²) in [5.74, 6) is 1.90. The zero-order chi connectivity index (χ0) is 18.8. The lowest BCUT2D eigenvalue weighted by atomic mass is 9.97. The number of thioether (sulfide) groups is 1. The highest BCUT2D eigenvalue weighted by molar-refractivity contribution is 7.99. The second-order valence-electron chi connectivity index (χ2n) is 7.44. The Balaban J connectivity index is 1.39. The van der Waals surface area contributed by atoms with Crippen molar-refractivity contribution in [1.29, 1.82) is 0 Å². The van der Waals surface area contributed by atoms with Gasteiger partial charge in [-0.3, -0.25) is 9.59 Å². The highest BCUT2D eigenvalue weighted by Gasteiger charge is 2.36. The maximum Gasteiger partial charge on any atom is 0.252 e.